The SMILES string of the molecule is COC(=O)C1=C(C(=O)OC)N(c2ccc3c(c2)CCCN3C(=O)OC)COC1. The minimum absolute atomic E-state index is 0.0470. The van der Waals surface area contributed by atoms with Gasteiger partial charge in [0.2, 0.25) is 0 Å². The molecule has 0 spiro atoms. The summed E-state index contributed by atoms with van der Waals surface area (Å²) in [5.74, 6) is -1.31. The van der Waals surface area contributed by atoms with Gasteiger partial charge in [0, 0.05) is 12.2 Å². The predicted molar refractivity (Wildman–Crippen MR) is 98.9 cm³/mol. The van der Waals surface area contributed by atoms with Crippen LogP contribution < -0.4 is 9.80 Å². The lowest BCUT2D eigenvalue weighted by Crippen LogP contribution is -2.39. The Morgan fingerprint density at radius 3 is 2.46 bits per heavy atom. The molecule has 0 unspecified atom stereocenters. The van der Waals surface area contributed by atoms with Crippen LogP contribution in [0.5, 0.6) is 0 Å². The van der Waals surface area contributed by atoms with Crippen LogP contribution in [0.4, 0.5) is 16.2 Å². The van der Waals surface area contributed by atoms with E-state index in [1.165, 1.54) is 21.3 Å². The molecule has 2 aliphatic rings. The number of rotatable bonds is 3. The number of methoxy groups -OCH3 is 3. The summed E-state index contributed by atoms with van der Waals surface area (Å²) >= 11 is 0. The normalized spacial score (nSPS) is 16.4. The predicted octanol–water partition coefficient (Wildman–Crippen LogP) is 1.60. The first kappa shape index (κ1) is 19.7. The lowest BCUT2D eigenvalue weighted by Gasteiger charge is -2.33. The lowest BCUT2D eigenvalue weighted by atomic mass is 10.0. The zero-order chi connectivity index (χ0) is 20.3. The lowest BCUT2D eigenvalue weighted by molar-refractivity contribution is -0.140. The van der Waals surface area contributed by atoms with Gasteiger partial charge in [0.05, 0.1) is 39.2 Å². The average Bonchev–Trinajstić information content (AvgIpc) is 2.75. The number of nitrogens with zero attached hydrogens (tertiary/aromatic N) is 2. The molecule has 0 fully saturated rings. The highest BCUT2D eigenvalue weighted by Crippen LogP contribution is 2.34. The fraction of sp³-hybridized carbons (Fsp3) is 0.421. The molecule has 1 amide bonds. The van der Waals surface area contributed by atoms with Crippen LogP contribution in [0.25, 0.3) is 0 Å². The number of carbonyl (C=O) groups is 3. The van der Waals surface area contributed by atoms with Gasteiger partial charge in [-0.05, 0) is 36.6 Å². The maximum Gasteiger partial charge on any atom is 0.414 e. The number of ether oxygens (including phenoxy) is 4. The van der Waals surface area contributed by atoms with E-state index in [-0.39, 0.29) is 24.6 Å². The van der Waals surface area contributed by atoms with Crippen LogP contribution in [0.3, 0.4) is 0 Å². The molecule has 9 heteroatoms. The Hall–Kier alpha value is -3.07. The van der Waals surface area contributed by atoms with Gasteiger partial charge in [-0.3, -0.25) is 4.90 Å². The first-order valence-electron chi connectivity index (χ1n) is 8.75. The van der Waals surface area contributed by atoms with Crippen LogP contribution in [0.2, 0.25) is 0 Å². The van der Waals surface area contributed by atoms with Crippen molar-refractivity contribution in [2.45, 2.75) is 12.8 Å². The highest BCUT2D eigenvalue weighted by atomic mass is 16.5. The van der Waals surface area contributed by atoms with E-state index >= 15 is 0 Å². The second-order valence-electron chi connectivity index (χ2n) is 6.25. The number of benzene rings is 1. The van der Waals surface area contributed by atoms with E-state index in [1.807, 2.05) is 6.07 Å². The Morgan fingerprint density at radius 2 is 1.79 bits per heavy atom. The Kier molecular flexibility index (Phi) is 5.84. The smallest absolute Gasteiger partial charge is 0.414 e. The first-order chi connectivity index (χ1) is 13.5. The third kappa shape index (κ3) is 3.53. The zero-order valence-corrected chi connectivity index (χ0v) is 16.0. The monoisotopic (exact) mass is 390 g/mol. The van der Waals surface area contributed by atoms with Gasteiger partial charge in [0.1, 0.15) is 12.4 Å². The second-order valence-corrected chi connectivity index (χ2v) is 6.25. The Labute approximate surface area is 162 Å². The molecule has 9 nitrogen and oxygen atoms in total. The molecule has 3 rings (SSSR count). The summed E-state index contributed by atoms with van der Waals surface area (Å²) in [4.78, 5) is 39.6. The molecule has 0 aliphatic carbocycles. The fourth-order valence-corrected chi connectivity index (χ4v) is 3.40. The summed E-state index contributed by atoms with van der Waals surface area (Å²) < 4.78 is 20.0. The van der Waals surface area contributed by atoms with Crippen LogP contribution in [0.1, 0.15) is 12.0 Å². The number of aryl methyl sites for hydroxylation is 1. The number of hydrogen-bond acceptors (Lipinski definition) is 8. The molecule has 28 heavy (non-hydrogen) atoms. The third-order valence-electron chi connectivity index (χ3n) is 4.72. The molecule has 1 aromatic carbocycles. The largest absolute Gasteiger partial charge is 0.466 e. The molecule has 0 N–H and O–H groups in total. The molecular formula is C19H22N2O7. The Bertz CT molecular complexity index is 834. The maximum absolute atomic E-state index is 12.4. The van der Waals surface area contributed by atoms with Crippen molar-refractivity contribution in [3.63, 3.8) is 0 Å². The quantitative estimate of drug-likeness (QED) is 0.567. The number of fused-ring (bicyclic) bond motifs is 1. The van der Waals surface area contributed by atoms with Gasteiger partial charge in [0.25, 0.3) is 0 Å². The summed E-state index contributed by atoms with van der Waals surface area (Å²) in [7, 11) is 3.83. The molecule has 2 heterocycles. The molecule has 1 aromatic rings. The van der Waals surface area contributed by atoms with Crippen molar-refractivity contribution < 1.29 is 33.3 Å². The van der Waals surface area contributed by atoms with Crippen LogP contribution in [0.15, 0.2) is 29.5 Å². The van der Waals surface area contributed by atoms with Crippen molar-refractivity contribution >= 4 is 29.4 Å². The fourth-order valence-electron chi connectivity index (χ4n) is 3.40. The van der Waals surface area contributed by atoms with Crippen LogP contribution in [0, 0.1) is 0 Å². The first-order valence-corrected chi connectivity index (χ1v) is 8.75. The molecule has 2 aliphatic heterocycles. The highest BCUT2D eigenvalue weighted by Gasteiger charge is 2.33. The second kappa shape index (κ2) is 8.30. The minimum atomic E-state index is -0.655. The van der Waals surface area contributed by atoms with E-state index < -0.39 is 18.0 Å². The summed E-state index contributed by atoms with van der Waals surface area (Å²) in [5.41, 5.74) is 2.52. The summed E-state index contributed by atoms with van der Waals surface area (Å²) in [6, 6.07) is 5.42. The van der Waals surface area contributed by atoms with Gasteiger partial charge < -0.3 is 23.8 Å². The topological polar surface area (TPSA) is 94.6 Å². The minimum Gasteiger partial charge on any atom is -0.466 e. The van der Waals surface area contributed by atoms with Gasteiger partial charge >= 0.3 is 18.0 Å². The molecule has 0 aromatic heterocycles. The van der Waals surface area contributed by atoms with Crippen molar-refractivity contribution in [1.29, 1.82) is 0 Å². The zero-order valence-electron chi connectivity index (χ0n) is 16.0. The number of amides is 1. The van der Waals surface area contributed by atoms with Gasteiger partial charge in [-0.1, -0.05) is 0 Å². The third-order valence-corrected chi connectivity index (χ3v) is 4.72. The van der Waals surface area contributed by atoms with Crippen LogP contribution in [-0.4, -0.2) is 59.2 Å². The summed E-state index contributed by atoms with van der Waals surface area (Å²) in [6.45, 7) is 0.602. The molecule has 0 atom stereocenters. The highest BCUT2D eigenvalue weighted by molar-refractivity contribution is 6.03. The van der Waals surface area contributed by atoms with Gasteiger partial charge in [-0.2, -0.15) is 0 Å². The van der Waals surface area contributed by atoms with Crippen molar-refractivity contribution in [1.82, 2.24) is 0 Å². The van der Waals surface area contributed by atoms with E-state index in [0.717, 1.165) is 24.1 Å². The molecule has 150 valence electrons. The maximum atomic E-state index is 12.4. The number of carbonyl (C=O) groups excluding carboxylic acids is 3. The van der Waals surface area contributed by atoms with E-state index in [4.69, 9.17) is 18.9 Å². The molecule has 0 radical (unpaired) electrons. The van der Waals surface area contributed by atoms with Crippen LogP contribution >= 0.6 is 0 Å². The summed E-state index contributed by atoms with van der Waals surface area (Å²) in [5, 5.41) is 0. The van der Waals surface area contributed by atoms with Crippen molar-refractivity contribution in [2.75, 3.05) is 51.0 Å². The number of anilines is 2. The van der Waals surface area contributed by atoms with Crippen molar-refractivity contribution in [2.24, 2.45) is 0 Å². The molecule has 0 saturated heterocycles. The van der Waals surface area contributed by atoms with E-state index in [1.54, 1.807) is 21.9 Å². The molecule has 0 saturated carbocycles. The van der Waals surface area contributed by atoms with E-state index in [2.05, 4.69) is 0 Å². The summed E-state index contributed by atoms with van der Waals surface area (Å²) in [6.07, 6.45) is 1.14. The Morgan fingerprint density at radius 1 is 1.04 bits per heavy atom. The van der Waals surface area contributed by atoms with Gasteiger partial charge in [-0.25, -0.2) is 14.4 Å². The number of hydrogen-bond donors (Lipinski definition) is 0. The standard InChI is InChI=1S/C19H22N2O7/c1-25-17(22)14-10-28-11-21(16(14)18(23)26-2)13-6-7-15-12(9-13)5-4-8-20(15)19(24)27-3/h6-7,9H,4-5,8,10-11H2,1-3H3. The average molecular weight is 390 g/mol. The van der Waals surface area contributed by atoms with E-state index in [9.17, 15) is 14.4 Å². The molecule has 0 bridgehead atoms. The van der Waals surface area contributed by atoms with E-state index in [0.29, 0.717) is 12.2 Å². The Balaban J connectivity index is 2.03. The van der Waals surface area contributed by atoms with Crippen molar-refractivity contribution in [3.8, 4) is 0 Å². The van der Waals surface area contributed by atoms with Crippen molar-refractivity contribution in [3.05, 3.63) is 35.0 Å². The van der Waals surface area contributed by atoms with Gasteiger partial charge in [-0.15, -0.1) is 0 Å². The van der Waals surface area contributed by atoms with Crippen LogP contribution in [-0.2, 0) is 35.0 Å². The number of esters is 2. The van der Waals surface area contributed by atoms with Gasteiger partial charge in [0.15, 0.2) is 0 Å². The molecular weight excluding hydrogens is 368 g/mol.